The Morgan fingerprint density at radius 2 is 1.95 bits per heavy atom. The lowest BCUT2D eigenvalue weighted by Gasteiger charge is -2.19. The molecule has 1 rings (SSSR count). The van der Waals surface area contributed by atoms with Crippen LogP contribution in [0.5, 0.6) is 11.5 Å². The summed E-state index contributed by atoms with van der Waals surface area (Å²) in [5, 5.41) is 4.07. The Bertz CT molecular complexity index is 435. The van der Waals surface area contributed by atoms with E-state index in [1.54, 1.807) is 13.2 Å². The molecule has 1 unspecified atom stereocenters. The molecule has 1 aromatic carbocycles. The van der Waals surface area contributed by atoms with Gasteiger partial charge in [-0.1, -0.05) is 45.7 Å². The summed E-state index contributed by atoms with van der Waals surface area (Å²) in [6.07, 6.45) is 2.33. The zero-order valence-corrected chi connectivity index (χ0v) is 14.6. The van der Waals surface area contributed by atoms with Crippen LogP contribution in [0.4, 0.5) is 0 Å². The number of halogens is 1. The Balaban J connectivity index is 2.90. The van der Waals surface area contributed by atoms with Crippen LogP contribution in [0.1, 0.15) is 46.1 Å². The fourth-order valence-electron chi connectivity index (χ4n) is 2.19. The first-order valence-electron chi connectivity index (χ1n) is 7.70. The number of rotatable bonds is 9. The number of methoxy groups -OCH3 is 1. The monoisotopic (exact) mass is 313 g/mol. The molecule has 0 aliphatic carbocycles. The summed E-state index contributed by atoms with van der Waals surface area (Å²) in [4.78, 5) is 0. The van der Waals surface area contributed by atoms with Crippen molar-refractivity contribution in [2.45, 2.75) is 53.1 Å². The molecule has 0 spiro atoms. The Morgan fingerprint density at radius 1 is 1.24 bits per heavy atom. The van der Waals surface area contributed by atoms with Crippen molar-refractivity contribution in [2.24, 2.45) is 5.92 Å². The molecule has 0 heterocycles. The van der Waals surface area contributed by atoms with Crippen molar-refractivity contribution in [3.63, 3.8) is 0 Å². The lowest BCUT2D eigenvalue weighted by atomic mass is 10.1. The molecule has 4 heteroatoms. The second-order valence-corrected chi connectivity index (χ2v) is 6.27. The molecule has 0 aliphatic heterocycles. The third-order valence-electron chi connectivity index (χ3n) is 3.31. The van der Waals surface area contributed by atoms with Gasteiger partial charge in [-0.3, -0.25) is 0 Å². The highest BCUT2D eigenvalue weighted by molar-refractivity contribution is 6.30. The van der Waals surface area contributed by atoms with E-state index in [1.165, 1.54) is 6.42 Å². The van der Waals surface area contributed by atoms with Gasteiger partial charge in [-0.25, -0.2) is 0 Å². The van der Waals surface area contributed by atoms with E-state index < -0.39 is 0 Å². The van der Waals surface area contributed by atoms with Gasteiger partial charge in [-0.15, -0.1) is 0 Å². The third kappa shape index (κ3) is 6.15. The van der Waals surface area contributed by atoms with Crippen LogP contribution in [-0.2, 0) is 6.54 Å². The average molecular weight is 314 g/mol. The summed E-state index contributed by atoms with van der Waals surface area (Å²) in [7, 11) is 1.65. The van der Waals surface area contributed by atoms with Gasteiger partial charge >= 0.3 is 0 Å². The van der Waals surface area contributed by atoms with E-state index in [9.17, 15) is 0 Å². The van der Waals surface area contributed by atoms with Crippen molar-refractivity contribution in [2.75, 3.05) is 13.7 Å². The summed E-state index contributed by atoms with van der Waals surface area (Å²) in [5.74, 6) is 2.03. The molecule has 3 nitrogen and oxygen atoms in total. The molecule has 0 saturated carbocycles. The van der Waals surface area contributed by atoms with Crippen molar-refractivity contribution < 1.29 is 9.47 Å². The highest BCUT2D eigenvalue weighted by Gasteiger charge is 2.14. The lowest BCUT2D eigenvalue weighted by molar-refractivity contribution is 0.237. The predicted octanol–water partition coefficient (Wildman–Crippen LogP) is 4.66. The van der Waals surface area contributed by atoms with Gasteiger partial charge in [0, 0.05) is 29.2 Å². The molecule has 1 atom stereocenters. The number of hydrogen-bond acceptors (Lipinski definition) is 3. The van der Waals surface area contributed by atoms with Crippen LogP contribution in [0.15, 0.2) is 12.1 Å². The van der Waals surface area contributed by atoms with Gasteiger partial charge in [0.15, 0.2) is 11.5 Å². The van der Waals surface area contributed by atoms with Gasteiger partial charge in [-0.05, 0) is 18.4 Å². The first-order chi connectivity index (χ1) is 9.97. The molecule has 0 fully saturated rings. The maximum atomic E-state index is 6.17. The number of nitrogens with one attached hydrogen (secondary N) is 1. The van der Waals surface area contributed by atoms with Gasteiger partial charge in [0.05, 0.1) is 13.7 Å². The standard InChI is InChI=1S/C17H28ClNO2/c1-6-7-13(4)11-21-17-14(10-19-12(2)3)8-15(18)9-16(17)20-5/h8-9,12-13,19H,6-7,10-11H2,1-5H3. The largest absolute Gasteiger partial charge is 0.493 e. The molecule has 21 heavy (non-hydrogen) atoms. The molecule has 1 aromatic rings. The molecule has 0 saturated heterocycles. The zero-order chi connectivity index (χ0) is 15.8. The van der Waals surface area contributed by atoms with Gasteiger partial charge in [-0.2, -0.15) is 0 Å². The van der Waals surface area contributed by atoms with Crippen LogP contribution in [0, 0.1) is 5.92 Å². The Morgan fingerprint density at radius 3 is 2.52 bits per heavy atom. The number of hydrogen-bond donors (Lipinski definition) is 1. The van der Waals surface area contributed by atoms with E-state index in [0.29, 0.717) is 35.9 Å². The minimum atomic E-state index is 0.404. The topological polar surface area (TPSA) is 30.5 Å². The summed E-state index contributed by atoms with van der Waals surface area (Å²) in [6.45, 7) is 10.0. The second-order valence-electron chi connectivity index (χ2n) is 5.84. The molecular formula is C17H28ClNO2. The normalized spacial score (nSPS) is 12.5. The minimum Gasteiger partial charge on any atom is -0.493 e. The van der Waals surface area contributed by atoms with Crippen LogP contribution >= 0.6 is 11.6 Å². The Labute approximate surface area is 134 Å². The van der Waals surface area contributed by atoms with Crippen molar-refractivity contribution >= 4 is 11.6 Å². The van der Waals surface area contributed by atoms with Crippen molar-refractivity contribution in [3.8, 4) is 11.5 Å². The average Bonchev–Trinajstić information content (AvgIpc) is 2.43. The Hall–Kier alpha value is -0.930. The summed E-state index contributed by atoms with van der Waals surface area (Å²) in [6, 6.07) is 4.15. The van der Waals surface area contributed by atoms with Crippen LogP contribution in [0.3, 0.4) is 0 Å². The predicted molar refractivity (Wildman–Crippen MR) is 89.5 cm³/mol. The van der Waals surface area contributed by atoms with Crippen molar-refractivity contribution in [1.82, 2.24) is 5.32 Å². The van der Waals surface area contributed by atoms with E-state index >= 15 is 0 Å². The van der Waals surface area contributed by atoms with Gasteiger partial charge < -0.3 is 14.8 Å². The highest BCUT2D eigenvalue weighted by Crippen LogP contribution is 2.35. The maximum absolute atomic E-state index is 6.17. The highest BCUT2D eigenvalue weighted by atomic mass is 35.5. The fourth-order valence-corrected chi connectivity index (χ4v) is 2.42. The summed E-state index contributed by atoms with van der Waals surface area (Å²) in [5.41, 5.74) is 1.04. The molecule has 0 amide bonds. The van der Waals surface area contributed by atoms with Gasteiger partial charge in [0.1, 0.15) is 0 Å². The van der Waals surface area contributed by atoms with E-state index in [1.807, 2.05) is 6.07 Å². The Kier molecular flexibility index (Phi) is 7.91. The molecule has 0 aliphatic rings. The van der Waals surface area contributed by atoms with E-state index in [-0.39, 0.29) is 0 Å². The van der Waals surface area contributed by atoms with E-state index in [4.69, 9.17) is 21.1 Å². The third-order valence-corrected chi connectivity index (χ3v) is 3.53. The molecule has 0 aromatic heterocycles. The first kappa shape index (κ1) is 18.1. The SMILES string of the molecule is CCCC(C)COc1c(CNC(C)C)cc(Cl)cc1OC. The number of benzene rings is 1. The molecular weight excluding hydrogens is 286 g/mol. The number of ether oxygens (including phenoxy) is 2. The van der Waals surface area contributed by atoms with Crippen LogP contribution in [0.25, 0.3) is 0 Å². The van der Waals surface area contributed by atoms with Crippen LogP contribution < -0.4 is 14.8 Å². The van der Waals surface area contributed by atoms with Crippen LogP contribution in [-0.4, -0.2) is 19.8 Å². The molecule has 1 N–H and O–H groups in total. The van der Waals surface area contributed by atoms with E-state index in [2.05, 4.69) is 33.0 Å². The van der Waals surface area contributed by atoms with Gasteiger partial charge in [0.2, 0.25) is 0 Å². The zero-order valence-electron chi connectivity index (χ0n) is 13.8. The van der Waals surface area contributed by atoms with Crippen LogP contribution in [0.2, 0.25) is 5.02 Å². The molecule has 0 bridgehead atoms. The lowest BCUT2D eigenvalue weighted by Crippen LogP contribution is -2.22. The molecule has 0 radical (unpaired) electrons. The maximum Gasteiger partial charge on any atom is 0.165 e. The summed E-state index contributed by atoms with van der Waals surface area (Å²) < 4.78 is 11.5. The quantitative estimate of drug-likeness (QED) is 0.719. The first-order valence-corrected chi connectivity index (χ1v) is 8.08. The van der Waals surface area contributed by atoms with E-state index in [0.717, 1.165) is 17.7 Å². The minimum absolute atomic E-state index is 0.404. The van der Waals surface area contributed by atoms with Crippen molar-refractivity contribution in [1.29, 1.82) is 0 Å². The summed E-state index contributed by atoms with van der Waals surface area (Å²) >= 11 is 6.17. The molecule has 120 valence electrons. The smallest absolute Gasteiger partial charge is 0.165 e. The second kappa shape index (κ2) is 9.16. The van der Waals surface area contributed by atoms with Crippen molar-refractivity contribution in [3.05, 3.63) is 22.7 Å². The fraction of sp³-hybridized carbons (Fsp3) is 0.647. The van der Waals surface area contributed by atoms with Gasteiger partial charge in [0.25, 0.3) is 0 Å².